The smallest absolute Gasteiger partial charge is 0.00697 e. The monoisotopic (exact) mass is 181 g/mol. The zero-order valence-corrected chi connectivity index (χ0v) is 8.89. The number of nitrogens with one attached hydrogen (secondary N) is 1. The van der Waals surface area contributed by atoms with Crippen molar-refractivity contribution in [3.63, 3.8) is 0 Å². The van der Waals surface area contributed by atoms with Gasteiger partial charge in [0.05, 0.1) is 0 Å². The van der Waals surface area contributed by atoms with Gasteiger partial charge >= 0.3 is 0 Å². The van der Waals surface area contributed by atoms with Crippen LogP contribution in [-0.4, -0.2) is 12.6 Å². The van der Waals surface area contributed by atoms with Crippen LogP contribution in [0.15, 0.2) is 0 Å². The molecule has 0 aromatic heterocycles. The molecule has 76 valence electrons. The molecule has 1 nitrogen and oxygen atoms in total. The summed E-state index contributed by atoms with van der Waals surface area (Å²) < 4.78 is 0. The summed E-state index contributed by atoms with van der Waals surface area (Å²) in [5.41, 5.74) is 0. The van der Waals surface area contributed by atoms with Gasteiger partial charge in [0.15, 0.2) is 0 Å². The molecule has 2 fully saturated rings. The Hall–Kier alpha value is -0.0400. The maximum atomic E-state index is 3.71. The van der Waals surface area contributed by atoms with Gasteiger partial charge in [0, 0.05) is 6.04 Å². The molecule has 13 heavy (non-hydrogen) atoms. The van der Waals surface area contributed by atoms with Gasteiger partial charge in [0.25, 0.3) is 0 Å². The lowest BCUT2D eigenvalue weighted by atomic mass is 9.83. The highest BCUT2D eigenvalue weighted by atomic mass is 14.9. The number of hydrogen-bond donors (Lipinski definition) is 1. The molecule has 2 aliphatic carbocycles. The first-order valence-electron chi connectivity index (χ1n) is 6.08. The van der Waals surface area contributed by atoms with E-state index in [4.69, 9.17) is 0 Å². The molecule has 0 amide bonds. The largest absolute Gasteiger partial charge is 0.314 e. The predicted molar refractivity (Wildman–Crippen MR) is 56.8 cm³/mol. The summed E-state index contributed by atoms with van der Waals surface area (Å²) in [6, 6.07) is 0.857. The highest BCUT2D eigenvalue weighted by Crippen LogP contribution is 2.29. The lowest BCUT2D eigenvalue weighted by Crippen LogP contribution is -2.29. The van der Waals surface area contributed by atoms with Gasteiger partial charge in [-0.1, -0.05) is 26.2 Å². The molecule has 0 bridgehead atoms. The van der Waals surface area contributed by atoms with Crippen LogP contribution in [0.25, 0.3) is 0 Å². The van der Waals surface area contributed by atoms with Gasteiger partial charge in [-0.3, -0.25) is 0 Å². The fraction of sp³-hybridized carbons (Fsp3) is 1.00. The molecule has 0 aromatic carbocycles. The fourth-order valence-electron chi connectivity index (χ4n) is 2.67. The lowest BCUT2D eigenvalue weighted by molar-refractivity contribution is 0.287. The summed E-state index contributed by atoms with van der Waals surface area (Å²) in [7, 11) is 0. The summed E-state index contributed by atoms with van der Waals surface area (Å²) in [4.78, 5) is 0. The molecular weight excluding hydrogens is 158 g/mol. The van der Waals surface area contributed by atoms with E-state index in [1.807, 2.05) is 0 Å². The van der Waals surface area contributed by atoms with Crippen LogP contribution in [0.4, 0.5) is 0 Å². The van der Waals surface area contributed by atoms with E-state index in [0.717, 1.165) is 17.9 Å². The normalized spacial score (nSPS) is 34.8. The molecule has 2 rings (SSSR count). The standard InChI is InChI=1S/C12H23N/c1-10-5-6-12(9-10)13-8-7-11-3-2-4-11/h10-13H,2-9H2,1H3. The summed E-state index contributed by atoms with van der Waals surface area (Å²) in [6.07, 6.45) is 10.2. The highest BCUT2D eigenvalue weighted by molar-refractivity contribution is 4.79. The van der Waals surface area contributed by atoms with Crippen LogP contribution >= 0.6 is 0 Å². The van der Waals surface area contributed by atoms with E-state index in [-0.39, 0.29) is 0 Å². The Kier molecular flexibility index (Phi) is 3.26. The second-order valence-corrected chi connectivity index (χ2v) is 5.15. The third kappa shape index (κ3) is 2.70. The molecule has 0 saturated heterocycles. The number of rotatable bonds is 4. The molecular formula is C12H23N. The molecule has 0 heterocycles. The second kappa shape index (κ2) is 4.45. The summed E-state index contributed by atoms with van der Waals surface area (Å²) >= 11 is 0. The van der Waals surface area contributed by atoms with Crippen molar-refractivity contribution < 1.29 is 0 Å². The third-order valence-electron chi connectivity index (χ3n) is 3.91. The third-order valence-corrected chi connectivity index (χ3v) is 3.91. The van der Waals surface area contributed by atoms with Crippen LogP contribution in [0.3, 0.4) is 0 Å². The van der Waals surface area contributed by atoms with Crippen molar-refractivity contribution in [3.05, 3.63) is 0 Å². The maximum Gasteiger partial charge on any atom is 0.00697 e. The molecule has 0 spiro atoms. The van der Waals surface area contributed by atoms with Crippen molar-refractivity contribution in [2.75, 3.05) is 6.54 Å². The van der Waals surface area contributed by atoms with Crippen LogP contribution in [0.2, 0.25) is 0 Å². The van der Waals surface area contributed by atoms with Gasteiger partial charge in [-0.05, 0) is 44.1 Å². The zero-order chi connectivity index (χ0) is 9.10. The van der Waals surface area contributed by atoms with Gasteiger partial charge in [0.2, 0.25) is 0 Å². The van der Waals surface area contributed by atoms with Crippen LogP contribution in [0.5, 0.6) is 0 Å². The molecule has 2 unspecified atom stereocenters. The first-order valence-corrected chi connectivity index (χ1v) is 6.08. The van der Waals surface area contributed by atoms with Crippen LogP contribution in [0.1, 0.15) is 51.9 Å². The average Bonchev–Trinajstić information content (AvgIpc) is 2.42. The van der Waals surface area contributed by atoms with E-state index >= 15 is 0 Å². The van der Waals surface area contributed by atoms with Gasteiger partial charge in [-0.2, -0.15) is 0 Å². The molecule has 1 heteroatoms. The Balaban J connectivity index is 1.52. The molecule has 1 N–H and O–H groups in total. The predicted octanol–water partition coefficient (Wildman–Crippen LogP) is 2.95. The van der Waals surface area contributed by atoms with E-state index in [1.54, 1.807) is 0 Å². The van der Waals surface area contributed by atoms with Crippen molar-refractivity contribution in [1.82, 2.24) is 5.32 Å². The van der Waals surface area contributed by atoms with Gasteiger partial charge in [-0.15, -0.1) is 0 Å². The Morgan fingerprint density at radius 3 is 2.54 bits per heavy atom. The Labute approximate surface area is 82.3 Å². The molecule has 0 radical (unpaired) electrons. The van der Waals surface area contributed by atoms with E-state index in [9.17, 15) is 0 Å². The second-order valence-electron chi connectivity index (χ2n) is 5.15. The average molecular weight is 181 g/mol. The first-order chi connectivity index (χ1) is 6.34. The molecule has 0 aromatic rings. The van der Waals surface area contributed by atoms with Gasteiger partial charge < -0.3 is 5.32 Å². The summed E-state index contributed by atoms with van der Waals surface area (Å²) in [5, 5.41) is 3.71. The minimum absolute atomic E-state index is 0.857. The quantitative estimate of drug-likeness (QED) is 0.703. The van der Waals surface area contributed by atoms with Crippen LogP contribution < -0.4 is 5.32 Å². The summed E-state index contributed by atoms with van der Waals surface area (Å²) in [5.74, 6) is 2.05. The minimum atomic E-state index is 0.857. The molecule has 2 saturated carbocycles. The van der Waals surface area contributed by atoms with Crippen LogP contribution in [-0.2, 0) is 0 Å². The lowest BCUT2D eigenvalue weighted by Gasteiger charge is -2.26. The highest BCUT2D eigenvalue weighted by Gasteiger charge is 2.21. The van der Waals surface area contributed by atoms with Crippen molar-refractivity contribution in [3.8, 4) is 0 Å². The van der Waals surface area contributed by atoms with Gasteiger partial charge in [0.1, 0.15) is 0 Å². The van der Waals surface area contributed by atoms with E-state index in [2.05, 4.69) is 12.2 Å². The van der Waals surface area contributed by atoms with Crippen molar-refractivity contribution in [1.29, 1.82) is 0 Å². The van der Waals surface area contributed by atoms with E-state index in [0.29, 0.717) is 0 Å². The Morgan fingerprint density at radius 1 is 1.15 bits per heavy atom. The van der Waals surface area contributed by atoms with Crippen molar-refractivity contribution >= 4 is 0 Å². The maximum absolute atomic E-state index is 3.71. The molecule has 0 aliphatic heterocycles. The Morgan fingerprint density at radius 2 is 2.00 bits per heavy atom. The summed E-state index contributed by atoms with van der Waals surface area (Å²) in [6.45, 7) is 3.66. The molecule has 2 atom stereocenters. The van der Waals surface area contributed by atoms with E-state index < -0.39 is 0 Å². The SMILES string of the molecule is CC1CCC(NCCC2CCC2)C1. The first kappa shape index (κ1) is 9.51. The van der Waals surface area contributed by atoms with Crippen molar-refractivity contribution in [2.45, 2.75) is 57.9 Å². The fourth-order valence-corrected chi connectivity index (χ4v) is 2.67. The van der Waals surface area contributed by atoms with Crippen LogP contribution in [0, 0.1) is 11.8 Å². The zero-order valence-electron chi connectivity index (χ0n) is 8.89. The number of hydrogen-bond acceptors (Lipinski definition) is 1. The van der Waals surface area contributed by atoms with E-state index in [1.165, 1.54) is 51.5 Å². The van der Waals surface area contributed by atoms with Crippen molar-refractivity contribution in [2.24, 2.45) is 11.8 Å². The van der Waals surface area contributed by atoms with Gasteiger partial charge in [-0.25, -0.2) is 0 Å². The minimum Gasteiger partial charge on any atom is -0.314 e. The topological polar surface area (TPSA) is 12.0 Å². The Bertz CT molecular complexity index is 151. The molecule has 2 aliphatic rings.